The Bertz CT molecular complexity index is 601. The maximum absolute atomic E-state index is 13.5. The molecule has 0 spiro atoms. The third-order valence-corrected chi connectivity index (χ3v) is 3.65. The first kappa shape index (κ1) is 14.1. The molecule has 0 aliphatic rings. The fraction of sp³-hybridized carbons (Fsp3) is 0.143. The van der Waals surface area contributed by atoms with Crippen LogP contribution in [0.1, 0.15) is 17.2 Å². The first-order valence-electron chi connectivity index (χ1n) is 5.55. The van der Waals surface area contributed by atoms with Gasteiger partial charge in [-0.05, 0) is 45.8 Å². The minimum Gasteiger partial charge on any atom is -0.388 e. The molecule has 19 heavy (non-hydrogen) atoms. The van der Waals surface area contributed by atoms with Crippen molar-refractivity contribution in [1.29, 1.82) is 0 Å². The molecule has 0 bridgehead atoms. The normalized spacial score (nSPS) is 12.5. The van der Waals surface area contributed by atoms with Gasteiger partial charge in [-0.3, -0.25) is 0 Å². The number of aliphatic hydroxyl groups is 1. The van der Waals surface area contributed by atoms with Gasteiger partial charge in [0.2, 0.25) is 0 Å². The van der Waals surface area contributed by atoms with Crippen LogP contribution in [0, 0.1) is 17.5 Å². The van der Waals surface area contributed by atoms with E-state index in [1.807, 2.05) is 0 Å². The van der Waals surface area contributed by atoms with Crippen molar-refractivity contribution in [3.63, 3.8) is 0 Å². The zero-order chi connectivity index (χ0) is 14.0. The van der Waals surface area contributed by atoms with Crippen LogP contribution in [0.15, 0.2) is 40.9 Å². The van der Waals surface area contributed by atoms with Gasteiger partial charge in [-0.15, -0.1) is 0 Å². The largest absolute Gasteiger partial charge is 0.388 e. The molecule has 0 radical (unpaired) electrons. The summed E-state index contributed by atoms with van der Waals surface area (Å²) in [4.78, 5) is 0. The molecule has 1 unspecified atom stereocenters. The SMILES string of the molecule is OC(Cc1cccc(F)c1Br)c1cc(F)ccc1F. The maximum Gasteiger partial charge on any atom is 0.137 e. The molecule has 0 amide bonds. The standard InChI is InChI=1S/C14H10BrF3O/c15-14-8(2-1-3-12(14)18)6-13(19)10-7-9(16)4-5-11(10)17/h1-5,7,13,19H,6H2. The van der Waals surface area contributed by atoms with Gasteiger partial charge in [-0.25, -0.2) is 13.2 Å². The molecule has 0 fully saturated rings. The molecular formula is C14H10BrF3O. The molecule has 0 aliphatic carbocycles. The summed E-state index contributed by atoms with van der Waals surface area (Å²) < 4.78 is 40.1. The summed E-state index contributed by atoms with van der Waals surface area (Å²) in [6.07, 6.45) is -1.26. The van der Waals surface area contributed by atoms with Gasteiger partial charge in [-0.1, -0.05) is 12.1 Å². The Morgan fingerprint density at radius 3 is 2.53 bits per heavy atom. The van der Waals surface area contributed by atoms with Crippen molar-refractivity contribution in [2.45, 2.75) is 12.5 Å². The predicted octanol–water partition coefficient (Wildman–Crippen LogP) is 4.14. The third-order valence-electron chi connectivity index (χ3n) is 2.76. The van der Waals surface area contributed by atoms with Crippen LogP contribution in [0.5, 0.6) is 0 Å². The van der Waals surface area contributed by atoms with Crippen molar-refractivity contribution < 1.29 is 18.3 Å². The highest BCUT2D eigenvalue weighted by Crippen LogP contribution is 2.27. The number of hydrogen-bond acceptors (Lipinski definition) is 1. The van der Waals surface area contributed by atoms with Crippen LogP contribution >= 0.6 is 15.9 Å². The van der Waals surface area contributed by atoms with Crippen LogP contribution in [0.4, 0.5) is 13.2 Å². The Kier molecular flexibility index (Phi) is 4.27. The van der Waals surface area contributed by atoms with Crippen molar-refractivity contribution in [3.05, 3.63) is 69.4 Å². The van der Waals surface area contributed by atoms with Gasteiger partial charge >= 0.3 is 0 Å². The van der Waals surface area contributed by atoms with Crippen LogP contribution < -0.4 is 0 Å². The Labute approximate surface area is 116 Å². The summed E-state index contributed by atoms with van der Waals surface area (Å²) >= 11 is 3.06. The van der Waals surface area contributed by atoms with E-state index in [-0.39, 0.29) is 16.5 Å². The van der Waals surface area contributed by atoms with Gasteiger partial charge in [-0.2, -0.15) is 0 Å². The summed E-state index contributed by atoms with van der Waals surface area (Å²) in [5, 5.41) is 9.94. The minimum absolute atomic E-state index is 0.0152. The molecule has 2 rings (SSSR count). The van der Waals surface area contributed by atoms with E-state index in [2.05, 4.69) is 15.9 Å². The summed E-state index contributed by atoms with van der Waals surface area (Å²) in [6, 6.07) is 7.23. The lowest BCUT2D eigenvalue weighted by molar-refractivity contribution is 0.173. The topological polar surface area (TPSA) is 20.2 Å². The molecule has 1 nitrogen and oxygen atoms in total. The fourth-order valence-electron chi connectivity index (χ4n) is 1.79. The summed E-state index contributed by atoms with van der Waals surface area (Å²) in [5.41, 5.74) is 0.340. The predicted molar refractivity (Wildman–Crippen MR) is 69.1 cm³/mol. The molecule has 0 aliphatic heterocycles. The highest BCUT2D eigenvalue weighted by Gasteiger charge is 2.16. The third kappa shape index (κ3) is 3.16. The van der Waals surface area contributed by atoms with E-state index in [0.717, 1.165) is 18.2 Å². The van der Waals surface area contributed by atoms with Crippen molar-refractivity contribution in [1.82, 2.24) is 0 Å². The van der Waals surface area contributed by atoms with Crippen LogP contribution in [0.25, 0.3) is 0 Å². The Morgan fingerprint density at radius 2 is 1.79 bits per heavy atom. The maximum atomic E-state index is 13.5. The smallest absolute Gasteiger partial charge is 0.137 e. The number of benzene rings is 2. The molecule has 100 valence electrons. The van der Waals surface area contributed by atoms with E-state index in [9.17, 15) is 18.3 Å². The average molecular weight is 331 g/mol. The first-order valence-corrected chi connectivity index (χ1v) is 6.34. The van der Waals surface area contributed by atoms with E-state index in [1.165, 1.54) is 12.1 Å². The van der Waals surface area contributed by atoms with Gasteiger partial charge in [0.25, 0.3) is 0 Å². The van der Waals surface area contributed by atoms with Crippen LogP contribution in [0.3, 0.4) is 0 Å². The monoisotopic (exact) mass is 330 g/mol. The number of hydrogen-bond donors (Lipinski definition) is 1. The number of halogens is 4. The first-order chi connectivity index (χ1) is 8.99. The van der Waals surface area contributed by atoms with Gasteiger partial charge in [0, 0.05) is 12.0 Å². The van der Waals surface area contributed by atoms with E-state index in [1.54, 1.807) is 6.07 Å². The molecule has 5 heteroatoms. The molecule has 1 N–H and O–H groups in total. The molecule has 0 aromatic heterocycles. The van der Waals surface area contributed by atoms with Crippen LogP contribution in [-0.4, -0.2) is 5.11 Å². The second-order valence-electron chi connectivity index (χ2n) is 4.10. The Balaban J connectivity index is 2.28. The van der Waals surface area contributed by atoms with E-state index < -0.39 is 23.6 Å². The summed E-state index contributed by atoms with van der Waals surface area (Å²) in [7, 11) is 0. The molecule has 0 saturated carbocycles. The van der Waals surface area contributed by atoms with Gasteiger partial charge < -0.3 is 5.11 Å². The highest BCUT2D eigenvalue weighted by molar-refractivity contribution is 9.10. The minimum atomic E-state index is -1.24. The second-order valence-corrected chi connectivity index (χ2v) is 4.89. The Morgan fingerprint density at radius 1 is 1.05 bits per heavy atom. The van der Waals surface area contributed by atoms with Crippen molar-refractivity contribution in [2.24, 2.45) is 0 Å². The molecule has 0 saturated heterocycles. The molecular weight excluding hydrogens is 321 g/mol. The van der Waals surface area contributed by atoms with Gasteiger partial charge in [0.05, 0.1) is 10.6 Å². The van der Waals surface area contributed by atoms with Crippen molar-refractivity contribution in [3.8, 4) is 0 Å². The van der Waals surface area contributed by atoms with E-state index in [4.69, 9.17) is 0 Å². The summed E-state index contributed by atoms with van der Waals surface area (Å²) in [5.74, 6) is -1.79. The molecule has 2 aromatic carbocycles. The molecule has 1 atom stereocenters. The molecule has 2 aromatic rings. The second kappa shape index (κ2) is 5.75. The lowest BCUT2D eigenvalue weighted by Gasteiger charge is -2.13. The van der Waals surface area contributed by atoms with Gasteiger partial charge in [0.1, 0.15) is 17.5 Å². The Hall–Kier alpha value is -1.33. The molecule has 0 heterocycles. The number of rotatable bonds is 3. The average Bonchev–Trinajstić information content (AvgIpc) is 2.38. The number of aliphatic hydroxyl groups excluding tert-OH is 1. The highest BCUT2D eigenvalue weighted by atomic mass is 79.9. The van der Waals surface area contributed by atoms with E-state index >= 15 is 0 Å². The zero-order valence-electron chi connectivity index (χ0n) is 9.71. The lowest BCUT2D eigenvalue weighted by Crippen LogP contribution is -2.06. The summed E-state index contributed by atoms with van der Waals surface area (Å²) in [6.45, 7) is 0. The van der Waals surface area contributed by atoms with Gasteiger partial charge in [0.15, 0.2) is 0 Å². The van der Waals surface area contributed by atoms with Crippen LogP contribution in [-0.2, 0) is 6.42 Å². The fourth-order valence-corrected chi connectivity index (χ4v) is 2.22. The van der Waals surface area contributed by atoms with Crippen LogP contribution in [0.2, 0.25) is 0 Å². The lowest BCUT2D eigenvalue weighted by atomic mass is 10.0. The quantitative estimate of drug-likeness (QED) is 0.896. The van der Waals surface area contributed by atoms with E-state index in [0.29, 0.717) is 5.56 Å². The van der Waals surface area contributed by atoms with Crippen molar-refractivity contribution >= 4 is 15.9 Å². The zero-order valence-corrected chi connectivity index (χ0v) is 11.3. The van der Waals surface area contributed by atoms with Crippen molar-refractivity contribution in [2.75, 3.05) is 0 Å².